The Kier molecular flexibility index (Phi) is 9.48. The van der Waals surface area contributed by atoms with Gasteiger partial charge in [0.05, 0.1) is 24.8 Å². The normalized spacial score (nSPS) is 28.6. The van der Waals surface area contributed by atoms with E-state index in [2.05, 4.69) is 82.8 Å². The van der Waals surface area contributed by atoms with Crippen LogP contribution >= 0.6 is 0 Å². The van der Waals surface area contributed by atoms with Crippen molar-refractivity contribution in [1.82, 2.24) is 10.1 Å². The zero-order chi connectivity index (χ0) is 37.5. The molecule has 52 heavy (non-hydrogen) atoms. The van der Waals surface area contributed by atoms with Gasteiger partial charge in [0.2, 0.25) is 5.78 Å². The van der Waals surface area contributed by atoms with Crippen LogP contribution in [-0.2, 0) is 10.8 Å². The molecule has 12 heteroatoms. The number of ether oxygens (including phenoxy) is 2. The molecule has 11 nitrogen and oxygen atoms in total. The summed E-state index contributed by atoms with van der Waals surface area (Å²) in [5, 5.41) is 16.7. The number of hydrogen-bond acceptors (Lipinski definition) is 11. The van der Waals surface area contributed by atoms with Gasteiger partial charge in [0.15, 0.2) is 25.5 Å². The number of anilines is 1. The van der Waals surface area contributed by atoms with Crippen LogP contribution in [0.1, 0.15) is 123 Å². The molecule has 0 amide bonds. The Labute approximate surface area is 309 Å². The predicted molar refractivity (Wildman–Crippen MR) is 202 cm³/mol. The van der Waals surface area contributed by atoms with Crippen LogP contribution in [0.2, 0.25) is 18.1 Å². The second-order valence-corrected chi connectivity index (χ2v) is 22.2. The number of Topliss-reactive ketones (excluding diaryl/α,β-unsaturated/α-hetero) is 2. The number of aliphatic hydroxyl groups excluding tert-OH is 1. The molecule has 3 N–H and O–H groups in total. The van der Waals surface area contributed by atoms with Gasteiger partial charge in [-0.1, -0.05) is 47.5 Å². The lowest BCUT2D eigenvalue weighted by Gasteiger charge is -2.54. The molecule has 0 radical (unpaired) electrons. The molecule has 3 aliphatic carbocycles. The maximum absolute atomic E-state index is 15.2. The van der Waals surface area contributed by atoms with Gasteiger partial charge in [-0.25, -0.2) is 0 Å². The molecule has 2 aliphatic heterocycles. The maximum Gasteiger partial charge on any atom is 0.265 e. The molecule has 2 unspecified atom stereocenters. The van der Waals surface area contributed by atoms with Gasteiger partial charge < -0.3 is 34.2 Å². The summed E-state index contributed by atoms with van der Waals surface area (Å²) >= 11 is 0. The van der Waals surface area contributed by atoms with Crippen molar-refractivity contribution in [3.05, 3.63) is 45.4 Å². The van der Waals surface area contributed by atoms with Crippen molar-refractivity contribution in [2.45, 2.75) is 115 Å². The van der Waals surface area contributed by atoms with Crippen molar-refractivity contribution in [1.29, 1.82) is 0 Å². The van der Waals surface area contributed by atoms with Gasteiger partial charge in [-0.05, 0) is 98.0 Å². The van der Waals surface area contributed by atoms with Crippen molar-refractivity contribution >= 4 is 25.6 Å². The van der Waals surface area contributed by atoms with Crippen LogP contribution in [0.4, 0.5) is 5.69 Å². The first-order chi connectivity index (χ1) is 24.6. The fraction of sp³-hybridized carbons (Fsp3) is 0.675. The average Bonchev–Trinajstić information content (AvgIpc) is 3.67. The minimum atomic E-state index is -2.81. The summed E-state index contributed by atoms with van der Waals surface area (Å²) < 4.78 is 25.4. The van der Waals surface area contributed by atoms with Crippen LogP contribution in [-0.4, -0.2) is 81.0 Å². The molecule has 0 spiro atoms. The van der Waals surface area contributed by atoms with Crippen LogP contribution in [0.25, 0.3) is 0 Å². The first-order valence-corrected chi connectivity index (χ1v) is 22.3. The maximum atomic E-state index is 15.2. The second-order valence-electron chi connectivity index (χ2n) is 17.4. The number of ketones is 2. The highest BCUT2D eigenvalue weighted by molar-refractivity contribution is 6.74. The molecule has 0 bridgehead atoms. The van der Waals surface area contributed by atoms with E-state index in [-0.39, 0.29) is 45.4 Å². The van der Waals surface area contributed by atoms with Crippen LogP contribution in [0.5, 0.6) is 11.6 Å². The molecular formula is C40H58N4O7Si. The first kappa shape index (κ1) is 37.1. The zero-order valence-electron chi connectivity index (χ0n) is 32.6. The van der Waals surface area contributed by atoms with E-state index in [0.29, 0.717) is 43.3 Å². The summed E-state index contributed by atoms with van der Waals surface area (Å²) in [7, 11) is 1.49. The number of nitrogens with two attached hydrogens (primary N) is 1. The standard InChI is InChI=1S/C40H58N4O7Si/c1-10-12-16-48-27-20-25-32-22(14-15-43(32)6)21-44(7)33(25)24-18-23-19-26-31(41)35-30(38(42-50-35)49-17-13-11-2)37(47)40(26,51-52(8,9)39(3,4)5)36(46)28(23)34(45)29(24)27/h20,22-23,26,31-32,46H,10-19,21,41H2,1-9H3/t22?,23-,26-,31-,32?,40-/m0/s1. The number of likely N-dealkylation sites (tertiary alicyclic amines) is 1. The van der Waals surface area contributed by atoms with Gasteiger partial charge in [0, 0.05) is 36.8 Å². The summed E-state index contributed by atoms with van der Waals surface area (Å²) in [6.07, 6.45) is 5.44. The number of fused-ring (bicyclic) bond motifs is 8. The number of unbranched alkanes of at least 4 members (excludes halogenated alkanes) is 2. The minimum absolute atomic E-state index is 0.0530. The van der Waals surface area contributed by atoms with E-state index in [0.717, 1.165) is 56.4 Å². The van der Waals surface area contributed by atoms with Gasteiger partial charge in [-0.2, -0.15) is 0 Å². The molecule has 1 fully saturated rings. The molecule has 0 saturated carbocycles. The molecule has 1 aromatic carbocycles. The van der Waals surface area contributed by atoms with Gasteiger partial charge in [0.25, 0.3) is 5.88 Å². The van der Waals surface area contributed by atoms with Gasteiger partial charge >= 0.3 is 0 Å². The molecule has 7 rings (SSSR count). The van der Waals surface area contributed by atoms with Crippen LogP contribution in [0, 0.1) is 17.8 Å². The zero-order valence-corrected chi connectivity index (χ0v) is 33.6. The Morgan fingerprint density at radius 3 is 2.46 bits per heavy atom. The fourth-order valence-electron chi connectivity index (χ4n) is 9.36. The third-order valence-corrected chi connectivity index (χ3v) is 17.5. The number of rotatable bonds is 10. The number of allylic oxidation sites excluding steroid dienone is 1. The SMILES string of the molecule is CCCCOc1cc2c(c3c1C(=O)C1=C(O)[C@]4(O[Si](C)(C)C(C)(C)C)C(=O)c5c(OCCCC)noc5[C@@H](N)[C@@H]4C[C@@H]1C3)N(C)CC1CCN(C)C21. The Bertz CT molecular complexity index is 1800. The molecule has 1 aromatic heterocycles. The molecule has 6 atom stereocenters. The number of nitrogens with zero attached hydrogens (tertiary/aromatic N) is 3. The average molecular weight is 735 g/mol. The van der Waals surface area contributed by atoms with Crippen molar-refractivity contribution in [2.24, 2.45) is 23.5 Å². The Balaban J connectivity index is 1.44. The van der Waals surface area contributed by atoms with Crippen molar-refractivity contribution in [2.75, 3.05) is 45.3 Å². The lowest BCUT2D eigenvalue weighted by atomic mass is 9.58. The topological polar surface area (TPSA) is 141 Å². The van der Waals surface area contributed by atoms with Gasteiger partial charge in [-0.15, -0.1) is 0 Å². The van der Waals surface area contributed by atoms with E-state index in [9.17, 15) is 5.11 Å². The van der Waals surface area contributed by atoms with E-state index in [1.54, 1.807) is 0 Å². The summed E-state index contributed by atoms with van der Waals surface area (Å²) in [4.78, 5) is 35.2. The summed E-state index contributed by atoms with van der Waals surface area (Å²) in [6.45, 7) is 17.3. The quantitative estimate of drug-likeness (QED) is 0.187. The molecular weight excluding hydrogens is 677 g/mol. The molecule has 3 heterocycles. The van der Waals surface area contributed by atoms with E-state index in [1.165, 1.54) is 5.56 Å². The summed E-state index contributed by atoms with van der Waals surface area (Å²) in [5.41, 5.74) is 9.25. The van der Waals surface area contributed by atoms with Crippen LogP contribution < -0.4 is 20.1 Å². The Morgan fingerprint density at radius 1 is 1.10 bits per heavy atom. The number of benzene rings is 1. The van der Waals surface area contributed by atoms with E-state index in [1.807, 2.05) is 0 Å². The third-order valence-electron chi connectivity index (χ3n) is 13.1. The van der Waals surface area contributed by atoms with Crippen molar-refractivity contribution in [3.8, 4) is 11.6 Å². The van der Waals surface area contributed by atoms with Crippen LogP contribution in [0.15, 0.2) is 21.9 Å². The first-order valence-electron chi connectivity index (χ1n) is 19.4. The third kappa shape index (κ3) is 5.49. The van der Waals surface area contributed by atoms with E-state index >= 15 is 9.59 Å². The number of aromatic nitrogens is 1. The monoisotopic (exact) mass is 734 g/mol. The largest absolute Gasteiger partial charge is 0.508 e. The number of hydrogen-bond donors (Lipinski definition) is 2. The van der Waals surface area contributed by atoms with Crippen LogP contribution in [0.3, 0.4) is 0 Å². The van der Waals surface area contributed by atoms with Gasteiger partial charge in [-0.3, -0.25) is 14.5 Å². The number of carbonyl (C=O) groups is 2. The minimum Gasteiger partial charge on any atom is -0.508 e. The number of carbonyl (C=O) groups excluding carboxylic acids is 2. The molecule has 1 saturated heterocycles. The summed E-state index contributed by atoms with van der Waals surface area (Å²) in [6, 6.07) is 1.50. The smallest absolute Gasteiger partial charge is 0.265 e. The Hall–Kier alpha value is -3.19. The number of aliphatic hydroxyl groups is 1. The molecule has 2 aromatic rings. The predicted octanol–water partition coefficient (Wildman–Crippen LogP) is 7.32. The molecule has 5 aliphatic rings. The second kappa shape index (κ2) is 13.3. The summed E-state index contributed by atoms with van der Waals surface area (Å²) in [5.74, 6) is -0.898. The fourth-order valence-corrected chi connectivity index (χ4v) is 10.8. The Morgan fingerprint density at radius 2 is 1.79 bits per heavy atom. The van der Waals surface area contributed by atoms with E-state index < -0.39 is 37.6 Å². The highest BCUT2D eigenvalue weighted by Gasteiger charge is 2.66. The lowest BCUT2D eigenvalue weighted by Crippen LogP contribution is -2.64. The van der Waals surface area contributed by atoms with Gasteiger partial charge in [0.1, 0.15) is 17.1 Å². The molecule has 284 valence electrons. The highest BCUT2D eigenvalue weighted by atomic mass is 28.4. The van der Waals surface area contributed by atoms with Crippen molar-refractivity contribution < 1.29 is 33.1 Å². The van der Waals surface area contributed by atoms with Crippen molar-refractivity contribution in [3.63, 3.8) is 0 Å². The lowest BCUT2D eigenvalue weighted by molar-refractivity contribution is -0.0273. The van der Waals surface area contributed by atoms with E-state index in [4.69, 9.17) is 24.2 Å². The highest BCUT2D eigenvalue weighted by Crippen LogP contribution is 2.60.